The van der Waals surface area contributed by atoms with Crippen LogP contribution in [-0.2, 0) is 4.74 Å². The maximum atomic E-state index is 11.2. The van der Waals surface area contributed by atoms with E-state index in [4.69, 9.17) is 5.73 Å². The summed E-state index contributed by atoms with van der Waals surface area (Å²) in [7, 11) is 2.98. The highest BCUT2D eigenvalue weighted by Gasteiger charge is 2.11. The van der Waals surface area contributed by atoms with E-state index in [-0.39, 0.29) is 0 Å². The SMILES string of the molecule is CNc1ncc(N)cc1C(=O)OC. The van der Waals surface area contributed by atoms with E-state index in [1.54, 1.807) is 7.05 Å². The molecule has 1 rings (SSSR count). The molecule has 0 bridgehead atoms. The van der Waals surface area contributed by atoms with Crippen LogP contribution in [-0.4, -0.2) is 25.1 Å². The fourth-order valence-electron chi connectivity index (χ4n) is 0.946. The Bertz CT molecular complexity index is 325. The minimum absolute atomic E-state index is 0.338. The van der Waals surface area contributed by atoms with Crippen molar-refractivity contribution in [2.45, 2.75) is 0 Å². The predicted molar refractivity (Wildman–Crippen MR) is 49.5 cm³/mol. The molecule has 0 aromatic carbocycles. The fourth-order valence-corrected chi connectivity index (χ4v) is 0.946. The molecule has 5 heteroatoms. The van der Waals surface area contributed by atoms with Crippen LogP contribution in [0.1, 0.15) is 10.4 Å². The van der Waals surface area contributed by atoms with Crippen molar-refractivity contribution in [2.75, 3.05) is 25.2 Å². The quantitative estimate of drug-likeness (QED) is 0.649. The van der Waals surface area contributed by atoms with Gasteiger partial charge >= 0.3 is 5.97 Å². The Morgan fingerprint density at radius 2 is 2.38 bits per heavy atom. The molecule has 1 heterocycles. The third kappa shape index (κ3) is 1.87. The van der Waals surface area contributed by atoms with Gasteiger partial charge in [-0.1, -0.05) is 0 Å². The second kappa shape index (κ2) is 3.75. The highest BCUT2D eigenvalue weighted by Crippen LogP contribution is 2.15. The van der Waals surface area contributed by atoms with E-state index in [1.165, 1.54) is 19.4 Å². The second-order valence-electron chi connectivity index (χ2n) is 2.41. The van der Waals surface area contributed by atoms with E-state index in [9.17, 15) is 4.79 Å². The smallest absolute Gasteiger partial charge is 0.341 e. The number of nitrogens with one attached hydrogen (secondary N) is 1. The van der Waals surface area contributed by atoms with Crippen molar-refractivity contribution in [3.05, 3.63) is 17.8 Å². The Kier molecular flexibility index (Phi) is 2.69. The van der Waals surface area contributed by atoms with E-state index in [1.807, 2.05) is 0 Å². The van der Waals surface area contributed by atoms with Crippen LogP contribution in [0, 0.1) is 0 Å². The van der Waals surface area contributed by atoms with Crippen LogP contribution in [0.4, 0.5) is 11.5 Å². The van der Waals surface area contributed by atoms with Gasteiger partial charge in [-0.2, -0.15) is 0 Å². The first-order chi connectivity index (χ1) is 6.19. The summed E-state index contributed by atoms with van der Waals surface area (Å²) >= 11 is 0. The zero-order valence-electron chi connectivity index (χ0n) is 7.50. The van der Waals surface area contributed by atoms with Gasteiger partial charge in [0.05, 0.1) is 19.0 Å². The van der Waals surface area contributed by atoms with Crippen molar-refractivity contribution in [1.82, 2.24) is 4.98 Å². The van der Waals surface area contributed by atoms with Crippen LogP contribution in [0.25, 0.3) is 0 Å². The Hall–Kier alpha value is -1.78. The number of nitrogens with two attached hydrogens (primary N) is 1. The summed E-state index contributed by atoms with van der Waals surface area (Å²) in [5.41, 5.74) is 6.24. The molecule has 0 amide bonds. The number of hydrogen-bond donors (Lipinski definition) is 2. The summed E-state index contributed by atoms with van der Waals surface area (Å²) in [5, 5.41) is 2.77. The van der Waals surface area contributed by atoms with Crippen molar-refractivity contribution >= 4 is 17.5 Å². The zero-order valence-corrected chi connectivity index (χ0v) is 7.50. The van der Waals surface area contributed by atoms with Crippen molar-refractivity contribution in [3.63, 3.8) is 0 Å². The van der Waals surface area contributed by atoms with E-state index >= 15 is 0 Å². The minimum atomic E-state index is -0.454. The number of esters is 1. The predicted octanol–water partition coefficient (Wildman–Crippen LogP) is 0.492. The summed E-state index contributed by atoms with van der Waals surface area (Å²) in [4.78, 5) is 15.1. The van der Waals surface area contributed by atoms with Gasteiger partial charge in [-0.15, -0.1) is 0 Å². The monoisotopic (exact) mass is 181 g/mol. The lowest BCUT2D eigenvalue weighted by Gasteiger charge is -2.06. The molecule has 0 spiro atoms. The Labute approximate surface area is 75.9 Å². The third-order valence-electron chi connectivity index (χ3n) is 1.55. The topological polar surface area (TPSA) is 77.2 Å². The van der Waals surface area contributed by atoms with Crippen LogP contribution < -0.4 is 11.1 Å². The van der Waals surface area contributed by atoms with Crippen molar-refractivity contribution < 1.29 is 9.53 Å². The van der Waals surface area contributed by atoms with Gasteiger partial charge in [0.2, 0.25) is 0 Å². The molecule has 0 saturated carbocycles. The van der Waals surface area contributed by atoms with Gasteiger partial charge in [-0.3, -0.25) is 0 Å². The molecule has 0 saturated heterocycles. The molecule has 1 aromatic heterocycles. The standard InChI is InChI=1S/C8H11N3O2/c1-10-7-6(8(12)13-2)3-5(9)4-11-7/h3-4H,9H2,1-2H3,(H,10,11). The van der Waals surface area contributed by atoms with Crippen LogP contribution in [0.5, 0.6) is 0 Å². The molecule has 3 N–H and O–H groups in total. The number of ether oxygens (including phenoxy) is 1. The van der Waals surface area contributed by atoms with E-state index in [0.29, 0.717) is 17.1 Å². The number of carbonyl (C=O) groups is 1. The molecule has 0 fully saturated rings. The molecule has 0 unspecified atom stereocenters. The summed E-state index contributed by atoms with van der Waals surface area (Å²) in [6.07, 6.45) is 1.47. The Morgan fingerprint density at radius 3 is 2.92 bits per heavy atom. The first-order valence-corrected chi connectivity index (χ1v) is 3.70. The van der Waals surface area contributed by atoms with Crippen LogP contribution in [0.2, 0.25) is 0 Å². The highest BCUT2D eigenvalue weighted by atomic mass is 16.5. The molecule has 0 aliphatic carbocycles. The lowest BCUT2D eigenvalue weighted by Crippen LogP contribution is -2.08. The number of carbonyl (C=O) groups excluding carboxylic acids is 1. The average molecular weight is 181 g/mol. The number of nitrogens with zero attached hydrogens (tertiary/aromatic N) is 1. The largest absolute Gasteiger partial charge is 0.465 e. The molecule has 13 heavy (non-hydrogen) atoms. The van der Waals surface area contributed by atoms with E-state index in [0.717, 1.165) is 0 Å². The molecule has 0 aliphatic heterocycles. The molecule has 0 atom stereocenters. The van der Waals surface area contributed by atoms with Gasteiger partial charge in [-0.05, 0) is 6.07 Å². The van der Waals surface area contributed by atoms with Crippen molar-refractivity contribution in [2.24, 2.45) is 0 Å². The first-order valence-electron chi connectivity index (χ1n) is 3.70. The Morgan fingerprint density at radius 1 is 1.69 bits per heavy atom. The maximum Gasteiger partial charge on any atom is 0.341 e. The number of methoxy groups -OCH3 is 1. The molecule has 0 aliphatic rings. The Balaban J connectivity index is 3.15. The maximum absolute atomic E-state index is 11.2. The van der Waals surface area contributed by atoms with Crippen LogP contribution in [0.3, 0.4) is 0 Å². The lowest BCUT2D eigenvalue weighted by molar-refractivity contribution is 0.0601. The van der Waals surface area contributed by atoms with Gasteiger partial charge in [0, 0.05) is 7.05 Å². The number of hydrogen-bond acceptors (Lipinski definition) is 5. The molecular formula is C8H11N3O2. The van der Waals surface area contributed by atoms with Gasteiger partial charge in [0.1, 0.15) is 11.4 Å². The molecule has 70 valence electrons. The molecule has 1 aromatic rings. The van der Waals surface area contributed by atoms with Crippen molar-refractivity contribution in [1.29, 1.82) is 0 Å². The normalized spacial score (nSPS) is 9.38. The summed E-state index contributed by atoms with van der Waals surface area (Å²) < 4.78 is 4.56. The summed E-state index contributed by atoms with van der Waals surface area (Å²) in [6, 6.07) is 1.52. The second-order valence-corrected chi connectivity index (χ2v) is 2.41. The molecule has 5 nitrogen and oxygen atoms in total. The van der Waals surface area contributed by atoms with Crippen LogP contribution >= 0.6 is 0 Å². The van der Waals surface area contributed by atoms with Crippen LogP contribution in [0.15, 0.2) is 12.3 Å². The zero-order chi connectivity index (χ0) is 9.84. The van der Waals surface area contributed by atoms with Gasteiger partial charge < -0.3 is 15.8 Å². The lowest BCUT2D eigenvalue weighted by atomic mass is 10.2. The number of nitrogen functional groups attached to an aromatic ring is 1. The number of anilines is 2. The number of pyridine rings is 1. The minimum Gasteiger partial charge on any atom is -0.465 e. The van der Waals surface area contributed by atoms with Gasteiger partial charge in [0.25, 0.3) is 0 Å². The first kappa shape index (κ1) is 9.31. The van der Waals surface area contributed by atoms with E-state index < -0.39 is 5.97 Å². The number of rotatable bonds is 2. The van der Waals surface area contributed by atoms with E-state index in [2.05, 4.69) is 15.0 Å². The summed E-state index contributed by atoms with van der Waals surface area (Å²) in [5.74, 6) is 0.00481. The van der Waals surface area contributed by atoms with Crippen molar-refractivity contribution in [3.8, 4) is 0 Å². The molecular weight excluding hydrogens is 170 g/mol. The number of aromatic nitrogens is 1. The fraction of sp³-hybridized carbons (Fsp3) is 0.250. The average Bonchev–Trinajstić information content (AvgIpc) is 2.16. The summed E-state index contributed by atoms with van der Waals surface area (Å²) in [6.45, 7) is 0. The highest BCUT2D eigenvalue weighted by molar-refractivity contribution is 5.95. The molecule has 0 radical (unpaired) electrons. The van der Waals surface area contributed by atoms with Gasteiger partial charge in [0.15, 0.2) is 0 Å². The third-order valence-corrected chi connectivity index (χ3v) is 1.55. The van der Waals surface area contributed by atoms with Gasteiger partial charge in [-0.25, -0.2) is 9.78 Å².